The van der Waals surface area contributed by atoms with Crippen LogP contribution in [0.25, 0.3) is 0 Å². The van der Waals surface area contributed by atoms with Crippen LogP contribution in [0.2, 0.25) is 0 Å². The van der Waals surface area contributed by atoms with Gasteiger partial charge < -0.3 is 4.74 Å². The lowest BCUT2D eigenvalue weighted by Crippen LogP contribution is -1.88. The van der Waals surface area contributed by atoms with Gasteiger partial charge in [0.1, 0.15) is 0 Å². The van der Waals surface area contributed by atoms with Gasteiger partial charge in [-0.3, -0.25) is 4.79 Å². The molecule has 2 heteroatoms. The molecule has 1 heterocycles. The van der Waals surface area contributed by atoms with Crippen LogP contribution in [0.3, 0.4) is 0 Å². The fourth-order valence-electron chi connectivity index (χ4n) is 1.18. The largest absolute Gasteiger partial charge is 0.381 e. The number of Topliss-reactive ketones (excluding diaryl/α,β-unsaturated/α-hetero) is 1. The first-order chi connectivity index (χ1) is 6.80. The molecule has 0 amide bonds. The van der Waals surface area contributed by atoms with E-state index in [1.165, 1.54) is 12.8 Å². The minimum atomic E-state index is 0.121. The van der Waals surface area contributed by atoms with Gasteiger partial charge in [-0.15, -0.1) is 0 Å². The molecule has 14 heavy (non-hydrogen) atoms. The van der Waals surface area contributed by atoms with Gasteiger partial charge >= 0.3 is 0 Å². The summed E-state index contributed by atoms with van der Waals surface area (Å²) < 4.78 is 4.94. The molecule has 0 bridgehead atoms. The Hall–Kier alpha value is -1.15. The fraction of sp³-hybridized carbons (Fsp3) is 0.417. The van der Waals surface area contributed by atoms with E-state index in [1.54, 1.807) is 6.92 Å². The predicted octanol–water partition coefficient (Wildman–Crippen LogP) is 2.69. The number of hydrogen-bond donors (Lipinski definition) is 0. The lowest BCUT2D eigenvalue weighted by molar-refractivity contribution is 0.101. The van der Waals surface area contributed by atoms with Gasteiger partial charge in [-0.05, 0) is 19.8 Å². The smallest absolute Gasteiger partial charge is 0.159 e. The van der Waals surface area contributed by atoms with Crippen LogP contribution in [0.5, 0.6) is 0 Å². The molecule has 0 atom stereocenters. The third-order valence-electron chi connectivity index (χ3n) is 2.01. The van der Waals surface area contributed by atoms with Gasteiger partial charge in [-0.25, -0.2) is 0 Å². The zero-order chi connectivity index (χ0) is 10.2. The van der Waals surface area contributed by atoms with Crippen molar-refractivity contribution < 1.29 is 9.53 Å². The number of ether oxygens (including phenoxy) is 1. The predicted molar refractivity (Wildman–Crippen MR) is 56.5 cm³/mol. The molecule has 1 aliphatic rings. The van der Waals surface area contributed by atoms with Crippen LogP contribution in [0.4, 0.5) is 0 Å². The number of carbonyl (C=O) groups excluding carboxylic acids is 1. The summed E-state index contributed by atoms with van der Waals surface area (Å²) in [5, 5.41) is 0. The Labute approximate surface area is 84.9 Å². The monoisotopic (exact) mass is 192 g/mol. The van der Waals surface area contributed by atoms with Gasteiger partial charge in [-0.1, -0.05) is 30.3 Å². The Morgan fingerprint density at radius 2 is 1.71 bits per heavy atom. The van der Waals surface area contributed by atoms with Crippen LogP contribution >= 0.6 is 0 Å². The van der Waals surface area contributed by atoms with E-state index in [9.17, 15) is 4.79 Å². The van der Waals surface area contributed by atoms with E-state index in [-0.39, 0.29) is 5.78 Å². The molecule has 0 spiro atoms. The van der Waals surface area contributed by atoms with Crippen LogP contribution in [0.1, 0.15) is 30.1 Å². The quantitative estimate of drug-likeness (QED) is 0.639. The number of benzene rings is 1. The minimum Gasteiger partial charge on any atom is -0.381 e. The SMILES string of the molecule is C1CCOC1.CC(=O)c1ccccc1. The van der Waals surface area contributed by atoms with Gasteiger partial charge in [-0.2, -0.15) is 0 Å². The van der Waals surface area contributed by atoms with E-state index in [0.717, 1.165) is 18.8 Å². The fourth-order valence-corrected chi connectivity index (χ4v) is 1.18. The van der Waals surface area contributed by atoms with Gasteiger partial charge in [0.05, 0.1) is 0 Å². The second-order valence-electron chi connectivity index (χ2n) is 3.24. The molecule has 0 radical (unpaired) electrons. The lowest BCUT2D eigenvalue weighted by Gasteiger charge is -1.89. The van der Waals surface area contributed by atoms with Crippen LogP contribution in [0.15, 0.2) is 30.3 Å². The molecule has 0 unspecified atom stereocenters. The van der Waals surface area contributed by atoms with E-state index < -0.39 is 0 Å². The molecule has 1 aromatic rings. The summed E-state index contributed by atoms with van der Waals surface area (Å²) in [6.07, 6.45) is 2.56. The summed E-state index contributed by atoms with van der Waals surface area (Å²) in [6, 6.07) is 9.23. The third-order valence-corrected chi connectivity index (χ3v) is 2.01. The third kappa shape index (κ3) is 4.19. The number of carbonyl (C=O) groups is 1. The molecule has 1 fully saturated rings. The Morgan fingerprint density at radius 3 is 2.00 bits per heavy atom. The summed E-state index contributed by atoms with van der Waals surface area (Å²) in [4.78, 5) is 10.6. The summed E-state index contributed by atoms with van der Waals surface area (Å²) in [6.45, 7) is 3.56. The van der Waals surface area contributed by atoms with Crippen LogP contribution in [-0.4, -0.2) is 19.0 Å². The first kappa shape index (κ1) is 10.9. The maximum absolute atomic E-state index is 10.6. The van der Waals surface area contributed by atoms with E-state index in [2.05, 4.69) is 0 Å². The summed E-state index contributed by atoms with van der Waals surface area (Å²) in [5.74, 6) is 0.121. The molecular weight excluding hydrogens is 176 g/mol. The summed E-state index contributed by atoms with van der Waals surface area (Å²) in [7, 11) is 0. The second-order valence-corrected chi connectivity index (χ2v) is 3.24. The lowest BCUT2D eigenvalue weighted by atomic mass is 10.2. The van der Waals surface area contributed by atoms with E-state index in [0.29, 0.717) is 0 Å². The van der Waals surface area contributed by atoms with Gasteiger partial charge in [0, 0.05) is 18.8 Å². The number of hydrogen-bond acceptors (Lipinski definition) is 2. The topological polar surface area (TPSA) is 26.3 Å². The van der Waals surface area contributed by atoms with E-state index >= 15 is 0 Å². The molecule has 1 saturated heterocycles. The van der Waals surface area contributed by atoms with Crippen molar-refractivity contribution in [2.24, 2.45) is 0 Å². The molecule has 0 saturated carbocycles. The standard InChI is InChI=1S/C8H8O.C4H8O/c1-7(9)8-5-3-2-4-6-8;1-2-4-5-3-1/h2-6H,1H3;1-4H2. The molecule has 1 aliphatic heterocycles. The zero-order valence-corrected chi connectivity index (χ0v) is 8.53. The average Bonchev–Trinajstić information content (AvgIpc) is 2.77. The van der Waals surface area contributed by atoms with E-state index in [1.807, 2.05) is 30.3 Å². The van der Waals surface area contributed by atoms with Crippen molar-refractivity contribution in [1.29, 1.82) is 0 Å². The Morgan fingerprint density at radius 1 is 1.14 bits per heavy atom. The highest BCUT2D eigenvalue weighted by molar-refractivity contribution is 5.93. The maximum atomic E-state index is 10.6. The van der Waals surface area contributed by atoms with Crippen LogP contribution in [0, 0.1) is 0 Å². The highest BCUT2D eigenvalue weighted by Gasteiger charge is 1.94. The molecular formula is C12H16O2. The van der Waals surface area contributed by atoms with Crippen molar-refractivity contribution in [3.63, 3.8) is 0 Å². The molecule has 0 aromatic heterocycles. The number of rotatable bonds is 1. The molecule has 76 valence electrons. The van der Waals surface area contributed by atoms with Crippen molar-refractivity contribution >= 4 is 5.78 Å². The van der Waals surface area contributed by atoms with Gasteiger partial charge in [0.2, 0.25) is 0 Å². The molecule has 0 aliphatic carbocycles. The first-order valence-corrected chi connectivity index (χ1v) is 4.94. The number of ketones is 1. The average molecular weight is 192 g/mol. The highest BCUT2D eigenvalue weighted by atomic mass is 16.5. The van der Waals surface area contributed by atoms with Gasteiger partial charge in [0.15, 0.2) is 5.78 Å². The van der Waals surface area contributed by atoms with Crippen molar-refractivity contribution in [1.82, 2.24) is 0 Å². The Kier molecular flexibility index (Phi) is 4.94. The minimum absolute atomic E-state index is 0.121. The van der Waals surface area contributed by atoms with Crippen LogP contribution < -0.4 is 0 Å². The molecule has 2 rings (SSSR count). The van der Waals surface area contributed by atoms with Crippen molar-refractivity contribution in [2.75, 3.05) is 13.2 Å². The first-order valence-electron chi connectivity index (χ1n) is 4.94. The normalized spacial score (nSPS) is 14.4. The second kappa shape index (κ2) is 6.33. The summed E-state index contributed by atoms with van der Waals surface area (Å²) >= 11 is 0. The molecule has 0 N–H and O–H groups in total. The molecule has 1 aromatic carbocycles. The van der Waals surface area contributed by atoms with E-state index in [4.69, 9.17) is 4.74 Å². The summed E-state index contributed by atoms with van der Waals surface area (Å²) in [5.41, 5.74) is 0.775. The van der Waals surface area contributed by atoms with Gasteiger partial charge in [0.25, 0.3) is 0 Å². The van der Waals surface area contributed by atoms with Crippen molar-refractivity contribution in [3.05, 3.63) is 35.9 Å². The Bertz CT molecular complexity index is 255. The Balaban J connectivity index is 0.000000165. The van der Waals surface area contributed by atoms with Crippen molar-refractivity contribution in [3.8, 4) is 0 Å². The molecule has 2 nitrogen and oxygen atoms in total. The highest BCUT2D eigenvalue weighted by Crippen LogP contribution is 1.98. The maximum Gasteiger partial charge on any atom is 0.159 e. The van der Waals surface area contributed by atoms with Crippen LogP contribution in [-0.2, 0) is 4.74 Å². The van der Waals surface area contributed by atoms with Crippen molar-refractivity contribution in [2.45, 2.75) is 19.8 Å². The zero-order valence-electron chi connectivity index (χ0n) is 8.53.